The van der Waals surface area contributed by atoms with Gasteiger partial charge in [-0.1, -0.05) is 67.3 Å². The largest absolute Gasteiger partial charge is 0.486 e. The van der Waals surface area contributed by atoms with Crippen molar-refractivity contribution in [2.24, 2.45) is 5.10 Å². The highest BCUT2D eigenvalue weighted by Gasteiger charge is 2.22. The first kappa shape index (κ1) is 21.6. The average molecular weight is 456 g/mol. The minimum absolute atomic E-state index is 0.175. The van der Waals surface area contributed by atoms with Crippen LogP contribution < -0.4 is 10.3 Å². The summed E-state index contributed by atoms with van der Waals surface area (Å²) in [5, 5.41) is 5.80. The van der Waals surface area contributed by atoms with Crippen LogP contribution in [0.3, 0.4) is 0 Å². The molecule has 1 fully saturated rings. The number of halogens is 2. The van der Waals surface area contributed by atoms with E-state index in [-0.39, 0.29) is 11.5 Å². The van der Waals surface area contributed by atoms with Gasteiger partial charge in [0, 0.05) is 5.92 Å². The second-order valence-electron chi connectivity index (χ2n) is 7.60. The molecular formula is C24H23Cl2N3O2. The number of nitrogens with zero attached hydrogens (tertiary/aromatic N) is 3. The molecule has 0 saturated heterocycles. The Balaban J connectivity index is 1.76. The number of benzene rings is 2. The summed E-state index contributed by atoms with van der Waals surface area (Å²) in [6.45, 7) is 3.92. The number of ether oxygens (including phenoxy) is 1. The summed E-state index contributed by atoms with van der Waals surface area (Å²) in [6, 6.07) is 10.8. The van der Waals surface area contributed by atoms with Crippen LogP contribution in [0.5, 0.6) is 5.75 Å². The van der Waals surface area contributed by atoms with Crippen molar-refractivity contribution >= 4 is 40.3 Å². The Morgan fingerprint density at radius 2 is 1.87 bits per heavy atom. The zero-order valence-electron chi connectivity index (χ0n) is 17.1. The van der Waals surface area contributed by atoms with Gasteiger partial charge in [0.1, 0.15) is 12.4 Å². The minimum Gasteiger partial charge on any atom is -0.486 e. The third-order valence-corrected chi connectivity index (χ3v) is 6.00. The van der Waals surface area contributed by atoms with Gasteiger partial charge in [-0.05, 0) is 42.7 Å². The molecule has 1 aliphatic rings. The summed E-state index contributed by atoms with van der Waals surface area (Å²) in [5.41, 5.74) is 1.19. The molecule has 1 aliphatic carbocycles. The highest BCUT2D eigenvalue weighted by atomic mass is 35.5. The van der Waals surface area contributed by atoms with Crippen LogP contribution in [0.15, 0.2) is 58.9 Å². The number of hydrogen-bond acceptors (Lipinski definition) is 4. The maximum atomic E-state index is 13.2. The van der Waals surface area contributed by atoms with Gasteiger partial charge in [-0.15, -0.1) is 0 Å². The van der Waals surface area contributed by atoms with E-state index in [1.54, 1.807) is 30.5 Å². The molecule has 1 heterocycles. The predicted octanol–water partition coefficient (Wildman–Crippen LogP) is 6.20. The number of para-hydroxylation sites is 1. The molecule has 0 N–H and O–H groups in total. The predicted molar refractivity (Wildman–Crippen MR) is 127 cm³/mol. The Kier molecular flexibility index (Phi) is 6.73. The molecule has 3 aromatic rings. The van der Waals surface area contributed by atoms with Crippen LogP contribution >= 0.6 is 23.2 Å². The molecular weight excluding hydrogens is 433 g/mol. The van der Waals surface area contributed by atoms with Crippen LogP contribution in [-0.2, 0) is 0 Å². The lowest BCUT2D eigenvalue weighted by molar-refractivity contribution is 0.363. The number of rotatable bonds is 6. The fourth-order valence-electron chi connectivity index (χ4n) is 3.94. The summed E-state index contributed by atoms with van der Waals surface area (Å²) in [5.74, 6) is 1.32. The van der Waals surface area contributed by atoms with Crippen molar-refractivity contribution in [3.63, 3.8) is 0 Å². The molecule has 5 nitrogen and oxygen atoms in total. The van der Waals surface area contributed by atoms with E-state index >= 15 is 0 Å². The van der Waals surface area contributed by atoms with Crippen molar-refractivity contribution in [3.8, 4) is 5.75 Å². The van der Waals surface area contributed by atoms with E-state index in [1.807, 2.05) is 18.2 Å². The topological polar surface area (TPSA) is 56.5 Å². The highest BCUT2D eigenvalue weighted by Crippen LogP contribution is 2.34. The number of fused-ring (bicyclic) bond motifs is 1. The van der Waals surface area contributed by atoms with Gasteiger partial charge in [-0.3, -0.25) is 4.79 Å². The van der Waals surface area contributed by atoms with Gasteiger partial charge in [0.2, 0.25) is 0 Å². The first-order chi connectivity index (χ1) is 15.1. The van der Waals surface area contributed by atoms with Crippen molar-refractivity contribution in [2.45, 2.75) is 38.0 Å². The first-order valence-electron chi connectivity index (χ1n) is 10.4. The molecule has 0 amide bonds. The van der Waals surface area contributed by atoms with E-state index in [4.69, 9.17) is 32.9 Å². The molecule has 7 heteroatoms. The van der Waals surface area contributed by atoms with Crippen molar-refractivity contribution in [1.82, 2.24) is 9.66 Å². The van der Waals surface area contributed by atoms with Gasteiger partial charge in [-0.25, -0.2) is 4.98 Å². The van der Waals surface area contributed by atoms with E-state index in [0.29, 0.717) is 44.7 Å². The highest BCUT2D eigenvalue weighted by molar-refractivity contribution is 6.37. The Morgan fingerprint density at radius 3 is 2.58 bits per heavy atom. The standard InChI is InChI=1S/C24H23Cl2N3O2/c1-2-12-31-22-19(25)13-16(14-20(22)26)15-27-29-23(17-8-4-3-5-9-17)28-21-11-7-6-10-18(21)24(29)30/h2,6-7,10-11,13-15,17H,1,3-5,8-9,12H2. The van der Waals surface area contributed by atoms with Gasteiger partial charge in [0.15, 0.2) is 5.75 Å². The third-order valence-electron chi connectivity index (χ3n) is 5.44. The average Bonchev–Trinajstić information content (AvgIpc) is 2.78. The summed E-state index contributed by atoms with van der Waals surface area (Å²) in [6.07, 6.45) is 8.70. The summed E-state index contributed by atoms with van der Waals surface area (Å²) in [4.78, 5) is 18.1. The van der Waals surface area contributed by atoms with Gasteiger partial charge < -0.3 is 4.74 Å². The molecule has 0 radical (unpaired) electrons. The third kappa shape index (κ3) is 4.68. The fraction of sp³-hybridized carbons (Fsp3) is 0.292. The molecule has 2 aromatic carbocycles. The fourth-order valence-corrected chi connectivity index (χ4v) is 4.55. The zero-order valence-corrected chi connectivity index (χ0v) is 18.6. The lowest BCUT2D eigenvalue weighted by Gasteiger charge is -2.22. The summed E-state index contributed by atoms with van der Waals surface area (Å²) < 4.78 is 6.94. The van der Waals surface area contributed by atoms with E-state index in [0.717, 1.165) is 25.7 Å². The Bertz CT molecular complexity index is 1170. The van der Waals surface area contributed by atoms with Crippen LogP contribution in [0, 0.1) is 0 Å². The molecule has 0 aliphatic heterocycles. The summed E-state index contributed by atoms with van der Waals surface area (Å²) >= 11 is 12.7. The van der Waals surface area contributed by atoms with Gasteiger partial charge >= 0.3 is 0 Å². The SMILES string of the molecule is C=CCOc1c(Cl)cc(C=Nn2c(C3CCCCC3)nc3ccccc3c2=O)cc1Cl. The van der Waals surface area contributed by atoms with Crippen molar-refractivity contribution in [2.75, 3.05) is 6.61 Å². The first-order valence-corrected chi connectivity index (χ1v) is 11.1. The van der Waals surface area contributed by atoms with E-state index in [1.165, 1.54) is 11.1 Å². The molecule has 0 spiro atoms. The van der Waals surface area contributed by atoms with E-state index < -0.39 is 0 Å². The molecule has 31 heavy (non-hydrogen) atoms. The van der Waals surface area contributed by atoms with Crippen LogP contribution in [0.4, 0.5) is 0 Å². The Morgan fingerprint density at radius 1 is 1.16 bits per heavy atom. The van der Waals surface area contributed by atoms with Crippen molar-refractivity contribution in [3.05, 3.63) is 80.8 Å². The quantitative estimate of drug-likeness (QED) is 0.328. The monoisotopic (exact) mass is 455 g/mol. The normalized spacial score (nSPS) is 14.9. The van der Waals surface area contributed by atoms with Crippen LogP contribution in [0.2, 0.25) is 10.0 Å². The number of hydrogen-bond donors (Lipinski definition) is 0. The van der Waals surface area contributed by atoms with E-state index in [2.05, 4.69) is 11.7 Å². The zero-order chi connectivity index (χ0) is 21.8. The second-order valence-corrected chi connectivity index (χ2v) is 8.41. The molecule has 1 aromatic heterocycles. The lowest BCUT2D eigenvalue weighted by Crippen LogP contribution is -2.25. The second kappa shape index (κ2) is 9.67. The number of aromatic nitrogens is 2. The maximum Gasteiger partial charge on any atom is 0.282 e. The van der Waals surface area contributed by atoms with Crippen molar-refractivity contribution in [1.29, 1.82) is 0 Å². The maximum absolute atomic E-state index is 13.2. The smallest absolute Gasteiger partial charge is 0.282 e. The van der Waals surface area contributed by atoms with Gasteiger partial charge in [0.25, 0.3) is 5.56 Å². The van der Waals surface area contributed by atoms with Crippen LogP contribution in [0.1, 0.15) is 49.4 Å². The van der Waals surface area contributed by atoms with Gasteiger partial charge in [0.05, 0.1) is 27.2 Å². The molecule has 0 atom stereocenters. The molecule has 0 unspecified atom stereocenters. The molecule has 4 rings (SSSR count). The van der Waals surface area contributed by atoms with Crippen LogP contribution in [-0.4, -0.2) is 22.5 Å². The van der Waals surface area contributed by atoms with Crippen molar-refractivity contribution < 1.29 is 4.74 Å². The lowest BCUT2D eigenvalue weighted by atomic mass is 9.88. The molecule has 160 valence electrons. The molecule has 1 saturated carbocycles. The minimum atomic E-state index is -0.175. The van der Waals surface area contributed by atoms with Gasteiger partial charge in [-0.2, -0.15) is 9.78 Å². The Hall–Kier alpha value is -2.63. The summed E-state index contributed by atoms with van der Waals surface area (Å²) in [7, 11) is 0. The van der Waals surface area contributed by atoms with Crippen LogP contribution in [0.25, 0.3) is 10.9 Å². The molecule has 0 bridgehead atoms. The Labute approximate surface area is 191 Å². The van der Waals surface area contributed by atoms with E-state index in [9.17, 15) is 4.79 Å².